The zero-order chi connectivity index (χ0) is 13.6. The van der Waals surface area contributed by atoms with E-state index in [1.165, 1.54) is 13.3 Å². The summed E-state index contributed by atoms with van der Waals surface area (Å²) in [7, 11) is 0. The third-order valence-electron chi connectivity index (χ3n) is 5.29. The summed E-state index contributed by atoms with van der Waals surface area (Å²) in [6, 6.07) is 0. The van der Waals surface area contributed by atoms with E-state index in [0.29, 0.717) is 17.8 Å². The van der Waals surface area contributed by atoms with E-state index in [1.807, 2.05) is 6.92 Å². The molecule has 2 saturated carbocycles. The molecule has 3 fully saturated rings. The van der Waals surface area contributed by atoms with Gasteiger partial charge >= 0.3 is 11.9 Å². The number of hydrogen-bond acceptors (Lipinski definition) is 4. The minimum atomic E-state index is -0.199. The molecule has 0 spiro atoms. The molecule has 106 valence electrons. The lowest BCUT2D eigenvalue weighted by Gasteiger charge is -2.44. The Hall–Kier alpha value is -1.06. The molecule has 0 aromatic carbocycles. The zero-order valence-corrected chi connectivity index (χ0v) is 11.6. The van der Waals surface area contributed by atoms with Crippen LogP contribution in [0.2, 0.25) is 0 Å². The zero-order valence-electron chi connectivity index (χ0n) is 11.6. The number of rotatable bonds is 1. The Bertz CT molecular complexity index is 392. The van der Waals surface area contributed by atoms with Crippen molar-refractivity contribution in [3.05, 3.63) is 0 Å². The Labute approximate surface area is 113 Å². The molecule has 3 aliphatic rings. The first-order chi connectivity index (χ1) is 9.06. The largest absolute Gasteiger partial charge is 0.462 e. The summed E-state index contributed by atoms with van der Waals surface area (Å²) in [6.45, 7) is 3.48. The van der Waals surface area contributed by atoms with E-state index in [2.05, 4.69) is 0 Å². The number of carbonyl (C=O) groups is 2. The number of ether oxygens (including phenoxy) is 2. The first-order valence-corrected chi connectivity index (χ1v) is 7.44. The SMILES string of the molecule is CC(=O)OC1CCCC2CC3C(C)OC(=O)C3CC21. The smallest absolute Gasteiger partial charge is 0.309 e. The van der Waals surface area contributed by atoms with Gasteiger partial charge in [-0.3, -0.25) is 9.59 Å². The van der Waals surface area contributed by atoms with Crippen LogP contribution in [0.3, 0.4) is 0 Å². The van der Waals surface area contributed by atoms with Crippen LogP contribution in [0.15, 0.2) is 0 Å². The molecular weight excluding hydrogens is 244 g/mol. The van der Waals surface area contributed by atoms with E-state index in [-0.39, 0.29) is 30.1 Å². The normalized spacial score (nSPS) is 45.1. The minimum absolute atomic E-state index is 0.0147. The summed E-state index contributed by atoms with van der Waals surface area (Å²) in [5, 5.41) is 0. The molecule has 1 heterocycles. The van der Waals surface area contributed by atoms with E-state index in [9.17, 15) is 9.59 Å². The predicted molar refractivity (Wildman–Crippen MR) is 68.2 cm³/mol. The average molecular weight is 266 g/mol. The van der Waals surface area contributed by atoms with Crippen LogP contribution in [-0.4, -0.2) is 24.1 Å². The summed E-state index contributed by atoms with van der Waals surface area (Å²) in [5.41, 5.74) is 0. The third kappa shape index (κ3) is 2.26. The highest BCUT2D eigenvalue weighted by atomic mass is 16.6. The van der Waals surface area contributed by atoms with Crippen LogP contribution >= 0.6 is 0 Å². The third-order valence-corrected chi connectivity index (χ3v) is 5.29. The molecule has 6 atom stereocenters. The van der Waals surface area contributed by atoms with Crippen molar-refractivity contribution < 1.29 is 19.1 Å². The maximum absolute atomic E-state index is 11.9. The molecule has 0 N–H and O–H groups in total. The quantitative estimate of drug-likeness (QED) is 0.683. The Kier molecular flexibility index (Phi) is 3.27. The van der Waals surface area contributed by atoms with Crippen molar-refractivity contribution in [1.29, 1.82) is 0 Å². The fourth-order valence-corrected chi connectivity index (χ4v) is 4.44. The summed E-state index contributed by atoms with van der Waals surface area (Å²) < 4.78 is 10.9. The Morgan fingerprint density at radius 3 is 2.79 bits per heavy atom. The van der Waals surface area contributed by atoms with Gasteiger partial charge in [0.25, 0.3) is 0 Å². The van der Waals surface area contributed by atoms with Gasteiger partial charge in [0, 0.05) is 12.8 Å². The molecule has 0 bridgehead atoms. The van der Waals surface area contributed by atoms with Crippen LogP contribution in [0.1, 0.15) is 46.0 Å². The highest BCUT2D eigenvalue weighted by molar-refractivity contribution is 5.75. The second kappa shape index (κ2) is 4.80. The monoisotopic (exact) mass is 266 g/mol. The van der Waals surface area contributed by atoms with Crippen molar-refractivity contribution in [2.45, 2.75) is 58.2 Å². The van der Waals surface area contributed by atoms with Crippen LogP contribution in [0.4, 0.5) is 0 Å². The van der Waals surface area contributed by atoms with Crippen molar-refractivity contribution >= 4 is 11.9 Å². The summed E-state index contributed by atoms with van der Waals surface area (Å²) in [5.74, 6) is 1.13. The van der Waals surface area contributed by atoms with Gasteiger partial charge in [-0.05, 0) is 50.9 Å². The molecule has 3 rings (SSSR count). The number of fused-ring (bicyclic) bond motifs is 2. The lowest BCUT2D eigenvalue weighted by Crippen LogP contribution is -2.43. The van der Waals surface area contributed by atoms with Crippen LogP contribution in [0.5, 0.6) is 0 Å². The molecule has 0 aromatic heterocycles. The Morgan fingerprint density at radius 2 is 2.05 bits per heavy atom. The Morgan fingerprint density at radius 1 is 1.26 bits per heavy atom. The molecule has 1 aliphatic heterocycles. The molecule has 19 heavy (non-hydrogen) atoms. The van der Waals surface area contributed by atoms with Crippen LogP contribution < -0.4 is 0 Å². The van der Waals surface area contributed by atoms with Gasteiger partial charge in [0.1, 0.15) is 12.2 Å². The van der Waals surface area contributed by atoms with Crippen LogP contribution in [0, 0.1) is 23.7 Å². The molecule has 0 amide bonds. The van der Waals surface area contributed by atoms with Gasteiger partial charge in [-0.2, -0.15) is 0 Å². The summed E-state index contributed by atoms with van der Waals surface area (Å²) in [6.07, 6.45) is 5.25. The maximum Gasteiger partial charge on any atom is 0.309 e. The van der Waals surface area contributed by atoms with Crippen molar-refractivity contribution in [3.63, 3.8) is 0 Å². The predicted octanol–water partition coefficient (Wildman–Crippen LogP) is 2.31. The second-order valence-electron chi connectivity index (χ2n) is 6.39. The lowest BCUT2D eigenvalue weighted by molar-refractivity contribution is -0.155. The van der Waals surface area contributed by atoms with E-state index < -0.39 is 0 Å². The minimum Gasteiger partial charge on any atom is -0.462 e. The molecule has 2 aliphatic carbocycles. The number of cyclic esters (lactones) is 1. The molecule has 6 unspecified atom stereocenters. The lowest BCUT2D eigenvalue weighted by atomic mass is 9.62. The number of esters is 2. The highest BCUT2D eigenvalue weighted by Crippen LogP contribution is 2.50. The highest BCUT2D eigenvalue weighted by Gasteiger charge is 2.51. The Balaban J connectivity index is 1.76. The second-order valence-corrected chi connectivity index (χ2v) is 6.39. The molecule has 4 heteroatoms. The topological polar surface area (TPSA) is 52.6 Å². The van der Waals surface area contributed by atoms with E-state index >= 15 is 0 Å². The molecule has 0 radical (unpaired) electrons. The van der Waals surface area contributed by atoms with Crippen molar-refractivity contribution in [3.8, 4) is 0 Å². The fraction of sp³-hybridized carbons (Fsp3) is 0.867. The van der Waals surface area contributed by atoms with Gasteiger partial charge in [-0.15, -0.1) is 0 Å². The molecule has 0 aromatic rings. The standard InChI is InChI=1S/C15H22O4/c1-8-11-6-10-4-3-5-14(19-9(2)16)12(10)7-13(11)15(17)18-8/h8,10-14H,3-7H2,1-2H3. The van der Waals surface area contributed by atoms with Gasteiger partial charge in [0.05, 0.1) is 5.92 Å². The van der Waals surface area contributed by atoms with E-state index in [4.69, 9.17) is 9.47 Å². The van der Waals surface area contributed by atoms with Gasteiger partial charge in [-0.25, -0.2) is 0 Å². The molecule has 4 nitrogen and oxygen atoms in total. The maximum atomic E-state index is 11.9. The van der Waals surface area contributed by atoms with Crippen molar-refractivity contribution in [2.75, 3.05) is 0 Å². The number of carbonyl (C=O) groups excluding carboxylic acids is 2. The first-order valence-electron chi connectivity index (χ1n) is 7.44. The van der Waals surface area contributed by atoms with E-state index in [1.54, 1.807) is 0 Å². The van der Waals surface area contributed by atoms with Gasteiger partial charge in [0.2, 0.25) is 0 Å². The van der Waals surface area contributed by atoms with Crippen molar-refractivity contribution in [1.82, 2.24) is 0 Å². The van der Waals surface area contributed by atoms with E-state index in [0.717, 1.165) is 25.7 Å². The summed E-state index contributed by atoms with van der Waals surface area (Å²) >= 11 is 0. The number of hydrogen-bond donors (Lipinski definition) is 0. The van der Waals surface area contributed by atoms with Crippen LogP contribution in [0.25, 0.3) is 0 Å². The molecule has 1 saturated heterocycles. The van der Waals surface area contributed by atoms with Crippen molar-refractivity contribution in [2.24, 2.45) is 23.7 Å². The first kappa shape index (κ1) is 12.9. The summed E-state index contributed by atoms with van der Waals surface area (Å²) in [4.78, 5) is 23.1. The van der Waals surface area contributed by atoms with Crippen LogP contribution in [-0.2, 0) is 19.1 Å². The fourth-order valence-electron chi connectivity index (χ4n) is 4.44. The van der Waals surface area contributed by atoms with Gasteiger partial charge < -0.3 is 9.47 Å². The van der Waals surface area contributed by atoms with Gasteiger partial charge in [0.15, 0.2) is 0 Å². The molecular formula is C15H22O4. The average Bonchev–Trinajstić information content (AvgIpc) is 2.63. The van der Waals surface area contributed by atoms with Gasteiger partial charge in [-0.1, -0.05) is 0 Å².